The van der Waals surface area contributed by atoms with Gasteiger partial charge in [-0.15, -0.1) is 6.42 Å². The smallest absolute Gasteiger partial charge is 0.0594 e. The molecule has 0 rings (SSSR count). The highest BCUT2D eigenvalue weighted by atomic mass is 16.5. The first-order valence-corrected chi connectivity index (χ1v) is 4.57. The molecule has 0 aliphatic heterocycles. The second kappa shape index (κ2) is 8.58. The van der Waals surface area contributed by atoms with E-state index in [9.17, 15) is 0 Å². The highest BCUT2D eigenvalue weighted by Crippen LogP contribution is 1.99. The predicted molar refractivity (Wildman–Crippen MR) is 52.0 cm³/mol. The van der Waals surface area contributed by atoms with Gasteiger partial charge < -0.3 is 10.1 Å². The van der Waals surface area contributed by atoms with Crippen LogP contribution in [0.15, 0.2) is 0 Å². The van der Waals surface area contributed by atoms with Crippen molar-refractivity contribution in [3.63, 3.8) is 0 Å². The van der Waals surface area contributed by atoms with Crippen molar-refractivity contribution in [1.82, 2.24) is 5.32 Å². The number of nitrogens with one attached hydrogen (secondary N) is 1. The number of hydrogen-bond acceptors (Lipinski definition) is 2. The van der Waals surface area contributed by atoms with Gasteiger partial charge in [-0.2, -0.15) is 0 Å². The molecule has 2 nitrogen and oxygen atoms in total. The molecule has 1 N–H and O–H groups in total. The van der Waals surface area contributed by atoms with Crippen LogP contribution < -0.4 is 5.32 Å². The molecule has 0 aromatic rings. The first-order chi connectivity index (χ1) is 5.81. The van der Waals surface area contributed by atoms with Crippen molar-refractivity contribution in [2.45, 2.75) is 32.8 Å². The van der Waals surface area contributed by atoms with Crippen molar-refractivity contribution in [2.75, 3.05) is 19.7 Å². The summed E-state index contributed by atoms with van der Waals surface area (Å²) in [5.74, 6) is 2.51. The zero-order chi connectivity index (χ0) is 9.23. The average molecular weight is 169 g/mol. The first kappa shape index (κ1) is 11.5. The molecule has 0 heterocycles. The predicted octanol–water partition coefficient (Wildman–Crippen LogP) is 1.41. The molecular weight excluding hydrogens is 150 g/mol. The maximum atomic E-state index is 5.50. The van der Waals surface area contributed by atoms with Gasteiger partial charge in [-0.1, -0.05) is 19.3 Å². The van der Waals surface area contributed by atoms with Gasteiger partial charge in [0, 0.05) is 6.54 Å². The van der Waals surface area contributed by atoms with E-state index in [4.69, 9.17) is 11.2 Å². The van der Waals surface area contributed by atoms with Crippen LogP contribution >= 0.6 is 0 Å². The fourth-order valence-electron chi connectivity index (χ4n) is 0.983. The molecule has 0 aliphatic rings. The summed E-state index contributed by atoms with van der Waals surface area (Å²) in [4.78, 5) is 0. The van der Waals surface area contributed by atoms with Crippen LogP contribution in [0.4, 0.5) is 0 Å². The second-order valence-corrected chi connectivity index (χ2v) is 2.85. The van der Waals surface area contributed by atoms with E-state index >= 15 is 0 Å². The molecule has 0 fully saturated rings. The van der Waals surface area contributed by atoms with Gasteiger partial charge in [0.1, 0.15) is 0 Å². The van der Waals surface area contributed by atoms with Crippen LogP contribution in [0.25, 0.3) is 0 Å². The molecule has 0 aromatic carbocycles. The number of terminal acetylenes is 1. The lowest BCUT2D eigenvalue weighted by Gasteiger charge is -2.11. The third-order valence-corrected chi connectivity index (χ3v) is 1.60. The normalized spacial score (nSPS) is 12.4. The average Bonchev–Trinajstić information content (AvgIpc) is 2.05. The monoisotopic (exact) mass is 169 g/mol. The highest BCUT2D eigenvalue weighted by Gasteiger charge is 1.98. The summed E-state index contributed by atoms with van der Waals surface area (Å²) >= 11 is 0. The lowest BCUT2D eigenvalue weighted by Crippen LogP contribution is -2.22. The first-order valence-electron chi connectivity index (χ1n) is 4.57. The van der Waals surface area contributed by atoms with Crippen molar-refractivity contribution >= 4 is 0 Å². The number of hydrogen-bond donors (Lipinski definition) is 1. The summed E-state index contributed by atoms with van der Waals surface area (Å²) in [6, 6.07) is 0. The van der Waals surface area contributed by atoms with Crippen molar-refractivity contribution in [1.29, 1.82) is 0 Å². The third kappa shape index (κ3) is 7.59. The van der Waals surface area contributed by atoms with Gasteiger partial charge >= 0.3 is 0 Å². The van der Waals surface area contributed by atoms with Gasteiger partial charge in [-0.25, -0.2) is 0 Å². The molecule has 0 saturated carbocycles. The summed E-state index contributed by atoms with van der Waals surface area (Å²) in [6.07, 6.45) is 7.76. The highest BCUT2D eigenvalue weighted by molar-refractivity contribution is 4.86. The van der Waals surface area contributed by atoms with Crippen LogP contribution in [0, 0.1) is 12.3 Å². The molecule has 0 saturated heterocycles. The van der Waals surface area contributed by atoms with Crippen LogP contribution in [-0.2, 0) is 4.74 Å². The van der Waals surface area contributed by atoms with Gasteiger partial charge in [0.15, 0.2) is 0 Å². The molecule has 0 amide bonds. The van der Waals surface area contributed by atoms with Crippen molar-refractivity contribution in [3.05, 3.63) is 0 Å². The van der Waals surface area contributed by atoms with Gasteiger partial charge in [-0.3, -0.25) is 0 Å². The lowest BCUT2D eigenvalue weighted by atomic mass is 10.2. The van der Waals surface area contributed by atoms with E-state index in [2.05, 4.69) is 25.1 Å². The Kier molecular flexibility index (Phi) is 8.20. The Balaban J connectivity index is 3.04. The van der Waals surface area contributed by atoms with Gasteiger partial charge in [0.25, 0.3) is 0 Å². The van der Waals surface area contributed by atoms with Gasteiger partial charge in [0.05, 0.1) is 19.3 Å². The molecule has 0 aromatic heterocycles. The minimum Gasteiger partial charge on any atom is -0.377 e. The SMILES string of the molecule is C#CCNCCOC(C)CCC. The van der Waals surface area contributed by atoms with Crippen LogP contribution in [0.2, 0.25) is 0 Å². The Labute approximate surface area is 75.7 Å². The molecule has 0 spiro atoms. The minimum absolute atomic E-state index is 0.377. The minimum atomic E-state index is 0.377. The summed E-state index contributed by atoms with van der Waals surface area (Å²) in [5, 5.41) is 3.07. The van der Waals surface area contributed by atoms with Crippen LogP contribution in [0.5, 0.6) is 0 Å². The van der Waals surface area contributed by atoms with Gasteiger partial charge in [-0.05, 0) is 13.3 Å². The molecule has 0 aliphatic carbocycles. The van der Waals surface area contributed by atoms with E-state index < -0.39 is 0 Å². The Hall–Kier alpha value is -0.520. The standard InChI is InChI=1S/C10H19NO/c1-4-6-10(3)12-9-8-11-7-5-2/h2,10-11H,4,6-9H2,1,3H3. The molecule has 1 atom stereocenters. The molecule has 0 radical (unpaired) electrons. The van der Waals surface area contributed by atoms with Crippen molar-refractivity contribution < 1.29 is 4.74 Å². The molecule has 12 heavy (non-hydrogen) atoms. The van der Waals surface area contributed by atoms with E-state index in [1.165, 1.54) is 6.42 Å². The lowest BCUT2D eigenvalue weighted by molar-refractivity contribution is 0.0623. The summed E-state index contributed by atoms with van der Waals surface area (Å²) in [6.45, 7) is 6.49. The molecule has 1 unspecified atom stereocenters. The third-order valence-electron chi connectivity index (χ3n) is 1.60. The van der Waals surface area contributed by atoms with Crippen LogP contribution in [0.3, 0.4) is 0 Å². The topological polar surface area (TPSA) is 21.3 Å². The largest absolute Gasteiger partial charge is 0.377 e. The Bertz CT molecular complexity index is 128. The molecule has 2 heteroatoms. The molecule has 0 bridgehead atoms. The summed E-state index contributed by atoms with van der Waals surface area (Å²) in [7, 11) is 0. The Morgan fingerprint density at radius 1 is 1.58 bits per heavy atom. The molecular formula is C10H19NO. The van der Waals surface area contributed by atoms with Crippen LogP contribution in [-0.4, -0.2) is 25.8 Å². The fourth-order valence-corrected chi connectivity index (χ4v) is 0.983. The van der Waals surface area contributed by atoms with Crippen LogP contribution in [0.1, 0.15) is 26.7 Å². The Morgan fingerprint density at radius 2 is 2.33 bits per heavy atom. The quantitative estimate of drug-likeness (QED) is 0.459. The van der Waals surface area contributed by atoms with E-state index in [1.807, 2.05) is 0 Å². The second-order valence-electron chi connectivity index (χ2n) is 2.85. The molecule has 70 valence electrons. The van der Waals surface area contributed by atoms with E-state index in [1.54, 1.807) is 0 Å². The Morgan fingerprint density at radius 3 is 2.92 bits per heavy atom. The number of ether oxygens (including phenoxy) is 1. The summed E-state index contributed by atoms with van der Waals surface area (Å²) in [5.41, 5.74) is 0. The zero-order valence-electron chi connectivity index (χ0n) is 8.10. The summed E-state index contributed by atoms with van der Waals surface area (Å²) < 4.78 is 5.50. The van der Waals surface area contributed by atoms with Gasteiger partial charge in [0.2, 0.25) is 0 Å². The maximum Gasteiger partial charge on any atom is 0.0594 e. The number of rotatable bonds is 7. The maximum absolute atomic E-state index is 5.50. The van der Waals surface area contributed by atoms with Crippen molar-refractivity contribution in [2.24, 2.45) is 0 Å². The van der Waals surface area contributed by atoms with E-state index in [-0.39, 0.29) is 0 Å². The van der Waals surface area contributed by atoms with E-state index in [0.717, 1.165) is 19.6 Å². The zero-order valence-corrected chi connectivity index (χ0v) is 8.10. The van der Waals surface area contributed by atoms with E-state index in [0.29, 0.717) is 12.6 Å². The van der Waals surface area contributed by atoms with Crippen molar-refractivity contribution in [3.8, 4) is 12.3 Å². The fraction of sp³-hybridized carbons (Fsp3) is 0.800.